The molecule has 0 spiro atoms. The van der Waals surface area contributed by atoms with Crippen molar-refractivity contribution in [2.24, 2.45) is 0 Å². The second-order valence-corrected chi connectivity index (χ2v) is 10.2. The number of hydrogen-bond donors (Lipinski definition) is 1. The van der Waals surface area contributed by atoms with Gasteiger partial charge in [-0.25, -0.2) is 17.9 Å². The van der Waals surface area contributed by atoms with E-state index in [-0.39, 0.29) is 49.4 Å². The lowest BCUT2D eigenvalue weighted by Gasteiger charge is -2.36. The van der Waals surface area contributed by atoms with Gasteiger partial charge < -0.3 is 19.3 Å². The molecular weight excluding hydrogens is 386 g/mol. The number of sulfonamides is 1. The average molecular weight is 416 g/mol. The van der Waals surface area contributed by atoms with Gasteiger partial charge in [-0.05, 0) is 44.9 Å². The molecule has 28 heavy (non-hydrogen) atoms. The molecule has 5 fully saturated rings. The lowest BCUT2D eigenvalue weighted by molar-refractivity contribution is -0.137. The summed E-state index contributed by atoms with van der Waals surface area (Å²) in [5.74, 6) is -0.304. The highest BCUT2D eigenvalue weighted by atomic mass is 32.2. The van der Waals surface area contributed by atoms with E-state index in [2.05, 4.69) is 4.72 Å². The van der Waals surface area contributed by atoms with Crippen LogP contribution in [0.4, 0.5) is 4.79 Å². The maximum atomic E-state index is 12.7. The molecule has 3 heterocycles. The van der Waals surface area contributed by atoms with E-state index < -0.39 is 16.1 Å². The third kappa shape index (κ3) is 4.44. The van der Waals surface area contributed by atoms with E-state index in [0.29, 0.717) is 13.0 Å². The van der Waals surface area contributed by atoms with Crippen LogP contribution in [-0.4, -0.2) is 86.5 Å². The summed E-state index contributed by atoms with van der Waals surface area (Å²) in [6.45, 7) is 0.381. The van der Waals surface area contributed by atoms with E-state index in [4.69, 9.17) is 9.47 Å². The summed E-state index contributed by atoms with van der Waals surface area (Å²) in [6, 6.07) is -0.397. The Morgan fingerprint density at radius 3 is 2.25 bits per heavy atom. The van der Waals surface area contributed by atoms with Crippen molar-refractivity contribution in [3.8, 4) is 0 Å². The molecule has 3 aliphatic heterocycles. The van der Waals surface area contributed by atoms with Gasteiger partial charge in [0, 0.05) is 24.7 Å². The van der Waals surface area contributed by atoms with Crippen molar-refractivity contribution in [3.63, 3.8) is 0 Å². The van der Waals surface area contributed by atoms with Crippen LogP contribution in [0.15, 0.2) is 0 Å². The third-order valence-corrected chi connectivity index (χ3v) is 6.97. The molecular formula is C18H29N3O6S. The zero-order valence-electron chi connectivity index (χ0n) is 16.2. The van der Waals surface area contributed by atoms with Crippen molar-refractivity contribution in [2.75, 3.05) is 26.0 Å². The summed E-state index contributed by atoms with van der Waals surface area (Å²) in [5, 5.41) is 0. The second-order valence-electron chi connectivity index (χ2n) is 8.40. The van der Waals surface area contributed by atoms with Crippen LogP contribution < -0.4 is 4.72 Å². The quantitative estimate of drug-likeness (QED) is 0.717. The van der Waals surface area contributed by atoms with Gasteiger partial charge in [-0.2, -0.15) is 0 Å². The fraction of sp³-hybridized carbons (Fsp3) is 0.889. The highest BCUT2D eigenvalue weighted by Gasteiger charge is 2.43. The van der Waals surface area contributed by atoms with Crippen LogP contribution in [-0.2, 0) is 24.3 Å². The lowest BCUT2D eigenvalue weighted by atomic mass is 9.91. The number of fused-ring (bicyclic) bond motifs is 7. The van der Waals surface area contributed by atoms with Gasteiger partial charge in [-0.15, -0.1) is 0 Å². The molecule has 3 saturated heterocycles. The molecule has 2 amide bonds. The van der Waals surface area contributed by atoms with Gasteiger partial charge in [-0.3, -0.25) is 4.79 Å². The Morgan fingerprint density at radius 1 is 1.00 bits per heavy atom. The predicted octanol–water partition coefficient (Wildman–Crippen LogP) is 0.448. The fourth-order valence-corrected chi connectivity index (χ4v) is 5.56. The topological polar surface area (TPSA) is 105 Å². The van der Waals surface area contributed by atoms with Crippen molar-refractivity contribution in [1.29, 1.82) is 0 Å². The molecule has 0 radical (unpaired) electrons. The highest BCUT2D eigenvalue weighted by molar-refractivity contribution is 7.88. The fourth-order valence-electron chi connectivity index (χ4n) is 4.74. The summed E-state index contributed by atoms with van der Waals surface area (Å²) in [5.41, 5.74) is 0. The molecule has 9 nitrogen and oxygen atoms in total. The molecule has 0 aromatic heterocycles. The lowest BCUT2D eigenvalue weighted by Crippen LogP contribution is -2.50. The van der Waals surface area contributed by atoms with Crippen LogP contribution in [0, 0.1) is 0 Å². The SMILES string of the molecule is CS(=O)(=O)N[C@H]1CCN2C(=O)COC(=O)N(C3CC3)C3CCC(CC3)OCC12. The van der Waals surface area contributed by atoms with Gasteiger partial charge in [0.2, 0.25) is 10.0 Å². The number of rotatable bonds is 3. The second kappa shape index (κ2) is 7.79. The maximum Gasteiger partial charge on any atom is 0.410 e. The van der Waals surface area contributed by atoms with E-state index in [1.54, 1.807) is 4.90 Å². The maximum absolute atomic E-state index is 12.7. The van der Waals surface area contributed by atoms with Crippen LogP contribution >= 0.6 is 0 Å². The summed E-state index contributed by atoms with van der Waals surface area (Å²) in [7, 11) is -3.40. The minimum absolute atomic E-state index is 0.0745. The number of ether oxygens (including phenoxy) is 2. The van der Waals surface area contributed by atoms with Crippen LogP contribution in [0.25, 0.3) is 0 Å². The highest BCUT2D eigenvalue weighted by Crippen LogP contribution is 2.35. The molecule has 10 heteroatoms. The Hall–Kier alpha value is -1.39. The number of carbonyl (C=O) groups excluding carboxylic acids is 2. The Kier molecular flexibility index (Phi) is 5.54. The molecule has 0 aromatic carbocycles. The Balaban J connectivity index is 1.53. The molecule has 5 rings (SSSR count). The third-order valence-electron chi connectivity index (χ3n) is 6.24. The monoisotopic (exact) mass is 415 g/mol. The van der Waals surface area contributed by atoms with E-state index in [0.717, 1.165) is 44.8 Å². The number of carbonyl (C=O) groups is 2. The zero-order valence-corrected chi connectivity index (χ0v) is 17.0. The standard InChI is InChI=1S/C18H29N3O6S/c1-28(24,25)19-15-8-9-20-16(15)10-26-14-6-4-13(5-7-14)21(12-2-3-12)18(23)27-11-17(20)22/h12-16,19H,2-11H2,1H3/t13?,14?,15-,16?/m0/s1. The van der Waals surface area contributed by atoms with Crippen LogP contribution in [0.3, 0.4) is 0 Å². The Bertz CT molecular complexity index is 717. The Morgan fingerprint density at radius 2 is 1.64 bits per heavy atom. The van der Waals surface area contributed by atoms with E-state index in [9.17, 15) is 18.0 Å². The molecule has 158 valence electrons. The first-order valence-corrected chi connectivity index (χ1v) is 12.0. The Labute approximate surface area is 165 Å². The molecule has 5 aliphatic rings. The smallest absolute Gasteiger partial charge is 0.410 e. The van der Waals surface area contributed by atoms with E-state index in [1.807, 2.05) is 4.90 Å². The number of nitrogens with one attached hydrogen (secondary N) is 1. The van der Waals surface area contributed by atoms with Crippen LogP contribution in [0.1, 0.15) is 44.9 Å². The van der Waals surface area contributed by atoms with Gasteiger partial charge in [-0.1, -0.05) is 0 Å². The van der Waals surface area contributed by atoms with Crippen molar-refractivity contribution in [3.05, 3.63) is 0 Å². The van der Waals surface area contributed by atoms with E-state index in [1.165, 1.54) is 0 Å². The largest absolute Gasteiger partial charge is 0.439 e. The molecule has 0 aromatic rings. The van der Waals surface area contributed by atoms with Gasteiger partial charge in [0.1, 0.15) is 0 Å². The summed E-state index contributed by atoms with van der Waals surface area (Å²) >= 11 is 0. The van der Waals surface area contributed by atoms with Gasteiger partial charge in [0.05, 0.1) is 25.0 Å². The molecule has 2 bridgehead atoms. The number of nitrogens with zero attached hydrogens (tertiary/aromatic N) is 2. The number of amides is 2. The van der Waals surface area contributed by atoms with Crippen molar-refractivity contribution in [1.82, 2.24) is 14.5 Å². The first-order chi connectivity index (χ1) is 13.3. The predicted molar refractivity (Wildman–Crippen MR) is 100 cm³/mol. The molecule has 2 atom stereocenters. The first kappa shape index (κ1) is 19.9. The average Bonchev–Trinajstić information content (AvgIpc) is 3.38. The minimum atomic E-state index is -3.40. The molecule has 2 aliphatic carbocycles. The van der Waals surface area contributed by atoms with Crippen molar-refractivity contribution < 1.29 is 27.5 Å². The van der Waals surface area contributed by atoms with E-state index >= 15 is 0 Å². The minimum Gasteiger partial charge on any atom is -0.439 e. The number of hydrogen-bond acceptors (Lipinski definition) is 6. The van der Waals surface area contributed by atoms with Crippen LogP contribution in [0.2, 0.25) is 0 Å². The van der Waals surface area contributed by atoms with Crippen LogP contribution in [0.5, 0.6) is 0 Å². The summed E-state index contributed by atoms with van der Waals surface area (Å²) in [4.78, 5) is 28.8. The molecule has 1 N–H and O–H groups in total. The summed E-state index contributed by atoms with van der Waals surface area (Å²) < 4.78 is 37.6. The normalized spacial score (nSPS) is 35.0. The zero-order chi connectivity index (χ0) is 19.9. The van der Waals surface area contributed by atoms with Gasteiger partial charge in [0.15, 0.2) is 6.61 Å². The van der Waals surface area contributed by atoms with Gasteiger partial charge >= 0.3 is 6.09 Å². The van der Waals surface area contributed by atoms with Crippen molar-refractivity contribution >= 4 is 22.0 Å². The molecule has 1 unspecified atom stereocenters. The first-order valence-electron chi connectivity index (χ1n) is 10.2. The van der Waals surface area contributed by atoms with Crippen molar-refractivity contribution in [2.45, 2.75) is 75.2 Å². The molecule has 2 saturated carbocycles. The van der Waals surface area contributed by atoms with Gasteiger partial charge in [0.25, 0.3) is 5.91 Å². The summed E-state index contributed by atoms with van der Waals surface area (Å²) in [6.07, 6.45) is 6.73.